The van der Waals surface area contributed by atoms with E-state index in [0.29, 0.717) is 18.9 Å². The average Bonchev–Trinajstić information content (AvgIpc) is 2.54. The zero-order valence-electron chi connectivity index (χ0n) is 11.1. The van der Waals surface area contributed by atoms with Crippen LogP contribution in [-0.4, -0.2) is 18.6 Å². The molecule has 1 aliphatic rings. The molecule has 0 amide bonds. The fourth-order valence-electron chi connectivity index (χ4n) is 2.38. The van der Waals surface area contributed by atoms with Crippen molar-refractivity contribution in [2.24, 2.45) is 11.7 Å². The van der Waals surface area contributed by atoms with E-state index in [-0.39, 0.29) is 12.0 Å². The highest BCUT2D eigenvalue weighted by Gasteiger charge is 2.14. The zero-order valence-corrected chi connectivity index (χ0v) is 11.1. The summed E-state index contributed by atoms with van der Waals surface area (Å²) in [5.41, 5.74) is 5.63. The van der Waals surface area contributed by atoms with E-state index in [9.17, 15) is 4.79 Å². The average molecular weight is 241 g/mol. The van der Waals surface area contributed by atoms with Gasteiger partial charge in [-0.1, -0.05) is 25.7 Å². The third-order valence-electron chi connectivity index (χ3n) is 3.50. The summed E-state index contributed by atoms with van der Waals surface area (Å²) in [5.74, 6) is 0.560. The Bertz CT molecular complexity index is 208. The molecular formula is C14H27NO2. The Morgan fingerprint density at radius 2 is 1.94 bits per heavy atom. The lowest BCUT2D eigenvalue weighted by Crippen LogP contribution is -2.16. The Labute approximate surface area is 105 Å². The van der Waals surface area contributed by atoms with Gasteiger partial charge in [0.15, 0.2) is 0 Å². The number of esters is 1. The third kappa shape index (κ3) is 7.37. The first kappa shape index (κ1) is 14.5. The lowest BCUT2D eigenvalue weighted by atomic mass is 10.0. The molecule has 0 aliphatic heterocycles. The fraction of sp³-hybridized carbons (Fsp3) is 0.929. The van der Waals surface area contributed by atoms with Gasteiger partial charge >= 0.3 is 5.97 Å². The molecule has 3 nitrogen and oxygen atoms in total. The first-order chi connectivity index (χ1) is 8.18. The molecule has 100 valence electrons. The maximum absolute atomic E-state index is 11.5. The van der Waals surface area contributed by atoms with Gasteiger partial charge in [0.2, 0.25) is 0 Å². The van der Waals surface area contributed by atoms with Gasteiger partial charge in [0.25, 0.3) is 0 Å². The molecule has 0 bridgehead atoms. The van der Waals surface area contributed by atoms with Gasteiger partial charge in [-0.3, -0.25) is 4.79 Å². The normalized spacial score (nSPS) is 19.6. The van der Waals surface area contributed by atoms with Crippen molar-refractivity contribution in [3.8, 4) is 0 Å². The summed E-state index contributed by atoms with van der Waals surface area (Å²) in [4.78, 5) is 11.5. The molecule has 0 radical (unpaired) electrons. The summed E-state index contributed by atoms with van der Waals surface area (Å²) in [7, 11) is 0. The molecule has 17 heavy (non-hydrogen) atoms. The van der Waals surface area contributed by atoms with E-state index in [0.717, 1.165) is 12.8 Å². The molecule has 1 unspecified atom stereocenters. The second-order valence-electron chi connectivity index (χ2n) is 5.41. The van der Waals surface area contributed by atoms with Gasteiger partial charge in [-0.2, -0.15) is 0 Å². The van der Waals surface area contributed by atoms with Gasteiger partial charge in [0, 0.05) is 12.5 Å². The van der Waals surface area contributed by atoms with Crippen LogP contribution < -0.4 is 5.73 Å². The minimum absolute atomic E-state index is 0.0464. The van der Waals surface area contributed by atoms with Crippen LogP contribution in [0.25, 0.3) is 0 Å². The van der Waals surface area contributed by atoms with E-state index in [1.807, 2.05) is 6.92 Å². The Hall–Kier alpha value is -0.570. The van der Waals surface area contributed by atoms with Gasteiger partial charge in [-0.15, -0.1) is 0 Å². The summed E-state index contributed by atoms with van der Waals surface area (Å²) >= 11 is 0. The van der Waals surface area contributed by atoms with Crippen LogP contribution in [0.5, 0.6) is 0 Å². The summed E-state index contributed by atoms with van der Waals surface area (Å²) in [5, 5.41) is 0. The highest BCUT2D eigenvalue weighted by Crippen LogP contribution is 2.23. The van der Waals surface area contributed by atoms with Crippen molar-refractivity contribution in [2.75, 3.05) is 6.61 Å². The van der Waals surface area contributed by atoms with Crippen molar-refractivity contribution < 1.29 is 9.53 Å². The van der Waals surface area contributed by atoms with Gasteiger partial charge < -0.3 is 10.5 Å². The van der Waals surface area contributed by atoms with Crippen LogP contribution in [0.2, 0.25) is 0 Å². The number of rotatable bonds is 6. The molecule has 0 spiro atoms. The molecular weight excluding hydrogens is 214 g/mol. The number of nitrogens with two attached hydrogens (primary N) is 1. The predicted molar refractivity (Wildman–Crippen MR) is 69.7 cm³/mol. The second-order valence-corrected chi connectivity index (χ2v) is 5.41. The van der Waals surface area contributed by atoms with Crippen molar-refractivity contribution in [1.29, 1.82) is 0 Å². The molecule has 1 atom stereocenters. The van der Waals surface area contributed by atoms with Crippen molar-refractivity contribution in [2.45, 2.75) is 70.8 Å². The Kier molecular flexibility index (Phi) is 7.25. The molecule has 0 saturated heterocycles. The lowest BCUT2D eigenvalue weighted by molar-refractivity contribution is -0.145. The monoisotopic (exact) mass is 241 g/mol. The van der Waals surface area contributed by atoms with E-state index >= 15 is 0 Å². The molecule has 1 fully saturated rings. The topological polar surface area (TPSA) is 52.3 Å². The summed E-state index contributed by atoms with van der Waals surface area (Å²) in [6.07, 6.45) is 10.0. The summed E-state index contributed by atoms with van der Waals surface area (Å²) in [6.45, 7) is 2.61. The molecule has 3 heteroatoms. The number of ether oxygens (including phenoxy) is 1. The molecule has 0 aromatic heterocycles. The van der Waals surface area contributed by atoms with Crippen LogP contribution in [-0.2, 0) is 9.53 Å². The van der Waals surface area contributed by atoms with Crippen LogP contribution in [0.1, 0.15) is 64.7 Å². The predicted octanol–water partition coefficient (Wildman–Crippen LogP) is 3.02. The van der Waals surface area contributed by atoms with Gasteiger partial charge in [0.1, 0.15) is 0 Å². The quantitative estimate of drug-likeness (QED) is 0.574. The molecule has 0 heterocycles. The molecule has 0 aromatic rings. The minimum Gasteiger partial charge on any atom is -0.465 e. The van der Waals surface area contributed by atoms with Crippen molar-refractivity contribution >= 4 is 5.97 Å². The maximum Gasteiger partial charge on any atom is 0.305 e. The SMILES string of the molecule is CC(N)CCCC(=O)OCC1CCCCCC1. The van der Waals surface area contributed by atoms with Crippen molar-refractivity contribution in [3.63, 3.8) is 0 Å². The van der Waals surface area contributed by atoms with E-state index in [1.54, 1.807) is 0 Å². The minimum atomic E-state index is -0.0464. The zero-order chi connectivity index (χ0) is 12.5. The van der Waals surface area contributed by atoms with Crippen LogP contribution in [0, 0.1) is 5.92 Å². The smallest absolute Gasteiger partial charge is 0.305 e. The van der Waals surface area contributed by atoms with Gasteiger partial charge in [-0.05, 0) is 38.5 Å². The van der Waals surface area contributed by atoms with Crippen molar-refractivity contribution in [1.82, 2.24) is 0 Å². The number of hydrogen-bond donors (Lipinski definition) is 1. The van der Waals surface area contributed by atoms with Gasteiger partial charge in [-0.25, -0.2) is 0 Å². The van der Waals surface area contributed by atoms with E-state index < -0.39 is 0 Å². The van der Waals surface area contributed by atoms with Crippen LogP contribution >= 0.6 is 0 Å². The first-order valence-electron chi connectivity index (χ1n) is 7.09. The van der Waals surface area contributed by atoms with Gasteiger partial charge in [0.05, 0.1) is 6.61 Å². The molecule has 2 N–H and O–H groups in total. The van der Waals surface area contributed by atoms with Crippen molar-refractivity contribution in [3.05, 3.63) is 0 Å². The fourth-order valence-corrected chi connectivity index (χ4v) is 2.38. The number of carbonyl (C=O) groups is 1. The van der Waals surface area contributed by atoms with E-state index in [1.165, 1.54) is 38.5 Å². The summed E-state index contributed by atoms with van der Waals surface area (Å²) < 4.78 is 5.34. The highest BCUT2D eigenvalue weighted by atomic mass is 16.5. The van der Waals surface area contributed by atoms with Crippen LogP contribution in [0.15, 0.2) is 0 Å². The Morgan fingerprint density at radius 3 is 2.53 bits per heavy atom. The molecule has 1 aliphatic carbocycles. The largest absolute Gasteiger partial charge is 0.465 e. The Balaban J connectivity index is 2.05. The first-order valence-corrected chi connectivity index (χ1v) is 7.09. The van der Waals surface area contributed by atoms with E-state index in [2.05, 4.69) is 0 Å². The van der Waals surface area contributed by atoms with E-state index in [4.69, 9.17) is 10.5 Å². The molecule has 1 rings (SSSR count). The number of carbonyl (C=O) groups excluding carboxylic acids is 1. The number of hydrogen-bond acceptors (Lipinski definition) is 3. The highest BCUT2D eigenvalue weighted by molar-refractivity contribution is 5.69. The lowest BCUT2D eigenvalue weighted by Gasteiger charge is -2.14. The van der Waals surface area contributed by atoms with Crippen LogP contribution in [0.4, 0.5) is 0 Å². The standard InChI is InChI=1S/C14H27NO2/c1-12(15)7-6-10-14(16)17-11-13-8-4-2-3-5-9-13/h12-13H,2-11,15H2,1H3. The maximum atomic E-state index is 11.5. The molecule has 1 saturated carbocycles. The third-order valence-corrected chi connectivity index (χ3v) is 3.50. The van der Waals surface area contributed by atoms with Crippen LogP contribution in [0.3, 0.4) is 0 Å². The molecule has 0 aromatic carbocycles. The summed E-state index contributed by atoms with van der Waals surface area (Å²) in [6, 6.07) is 0.185. The second kappa shape index (κ2) is 8.51. The Morgan fingerprint density at radius 1 is 1.29 bits per heavy atom.